The van der Waals surface area contributed by atoms with E-state index in [4.69, 9.17) is 4.74 Å². The predicted molar refractivity (Wildman–Crippen MR) is 141 cm³/mol. The summed E-state index contributed by atoms with van der Waals surface area (Å²) < 4.78 is 34.0. The van der Waals surface area contributed by atoms with Gasteiger partial charge in [-0.3, -0.25) is 9.59 Å². The molecule has 7 nitrogen and oxygen atoms in total. The van der Waals surface area contributed by atoms with Crippen molar-refractivity contribution in [2.45, 2.75) is 50.1 Å². The number of anilines is 1. The monoisotopic (exact) mass is 518 g/mol. The smallest absolute Gasteiger partial charge is 0.308 e. The molecule has 0 fully saturated rings. The lowest BCUT2D eigenvalue weighted by atomic mass is 9.92. The number of nitrogens with zero attached hydrogens (tertiary/aromatic N) is 2. The molecule has 2 heterocycles. The summed E-state index contributed by atoms with van der Waals surface area (Å²) in [5.41, 5.74) is 4.68. The Hall–Kier alpha value is -3.49. The first-order chi connectivity index (χ1) is 17.8. The fourth-order valence-corrected chi connectivity index (χ4v) is 6.95. The Morgan fingerprint density at radius 2 is 1.62 bits per heavy atom. The SMILES string of the molecule is Cc1ccc(S(=O)(=O)N2CCc3ccccc3[C@@H]2CC(=O)OCC(=O)N2c3ccccc3C[C@H]2C)cc1. The largest absolute Gasteiger partial charge is 0.455 e. The van der Waals surface area contributed by atoms with Gasteiger partial charge in [-0.15, -0.1) is 0 Å². The van der Waals surface area contributed by atoms with E-state index >= 15 is 0 Å². The second-order valence-electron chi connectivity index (χ2n) is 9.70. The first kappa shape index (κ1) is 25.2. The molecule has 1 amide bonds. The average molecular weight is 519 g/mol. The Morgan fingerprint density at radius 3 is 2.38 bits per heavy atom. The number of hydrogen-bond acceptors (Lipinski definition) is 5. The van der Waals surface area contributed by atoms with Gasteiger partial charge in [-0.25, -0.2) is 8.42 Å². The van der Waals surface area contributed by atoms with Crippen LogP contribution in [0.15, 0.2) is 77.7 Å². The summed E-state index contributed by atoms with van der Waals surface area (Å²) in [6, 6.07) is 21.2. The number of esters is 1. The minimum atomic E-state index is -3.85. The molecule has 0 aliphatic carbocycles. The molecule has 0 saturated carbocycles. The maximum Gasteiger partial charge on any atom is 0.308 e. The van der Waals surface area contributed by atoms with Gasteiger partial charge in [0.2, 0.25) is 10.0 Å². The number of carbonyl (C=O) groups excluding carboxylic acids is 2. The van der Waals surface area contributed by atoms with Crippen molar-refractivity contribution in [3.05, 3.63) is 95.1 Å². The Labute approximate surface area is 217 Å². The minimum absolute atomic E-state index is 0.0241. The molecular formula is C29H30N2O5S. The maximum absolute atomic E-state index is 13.6. The number of hydrogen-bond donors (Lipinski definition) is 0. The summed E-state index contributed by atoms with van der Waals surface area (Å²) in [6.45, 7) is 3.73. The van der Waals surface area contributed by atoms with Gasteiger partial charge in [0.1, 0.15) is 0 Å². The molecule has 5 rings (SSSR count). The third-order valence-electron chi connectivity index (χ3n) is 7.18. The molecule has 0 saturated heterocycles. The number of benzene rings is 3. The fourth-order valence-electron chi connectivity index (χ4n) is 5.35. The molecule has 3 aromatic carbocycles. The van der Waals surface area contributed by atoms with Crippen LogP contribution in [0.25, 0.3) is 0 Å². The fraction of sp³-hybridized carbons (Fsp3) is 0.310. The van der Waals surface area contributed by atoms with Crippen molar-refractivity contribution in [1.29, 1.82) is 0 Å². The Balaban J connectivity index is 1.34. The molecule has 0 bridgehead atoms. The number of rotatable bonds is 6. The van der Waals surface area contributed by atoms with E-state index in [0.29, 0.717) is 6.42 Å². The van der Waals surface area contributed by atoms with E-state index in [9.17, 15) is 18.0 Å². The molecule has 0 spiro atoms. The molecule has 192 valence electrons. The van der Waals surface area contributed by atoms with Gasteiger partial charge in [-0.05, 0) is 61.6 Å². The summed E-state index contributed by atoms with van der Waals surface area (Å²) in [5.74, 6) is -0.904. The van der Waals surface area contributed by atoms with Gasteiger partial charge < -0.3 is 9.64 Å². The summed E-state index contributed by atoms with van der Waals surface area (Å²) in [7, 11) is -3.85. The van der Waals surface area contributed by atoms with Crippen LogP contribution in [0.1, 0.15) is 41.6 Å². The number of para-hydroxylation sites is 1. The Morgan fingerprint density at radius 1 is 0.946 bits per heavy atom. The highest BCUT2D eigenvalue weighted by molar-refractivity contribution is 7.89. The van der Waals surface area contributed by atoms with Gasteiger partial charge in [-0.1, -0.05) is 60.2 Å². The number of ether oxygens (including phenoxy) is 1. The van der Waals surface area contributed by atoms with Gasteiger partial charge in [0.05, 0.1) is 17.4 Å². The number of fused-ring (bicyclic) bond motifs is 2. The summed E-state index contributed by atoms with van der Waals surface area (Å²) in [5, 5.41) is 0. The average Bonchev–Trinajstić information content (AvgIpc) is 3.23. The number of aryl methyl sites for hydroxylation is 1. The van der Waals surface area contributed by atoms with E-state index in [1.165, 1.54) is 4.31 Å². The zero-order valence-electron chi connectivity index (χ0n) is 21.0. The van der Waals surface area contributed by atoms with E-state index in [2.05, 4.69) is 0 Å². The summed E-state index contributed by atoms with van der Waals surface area (Å²) in [6.07, 6.45) is 1.12. The van der Waals surface area contributed by atoms with E-state index in [1.807, 2.05) is 62.4 Å². The van der Waals surface area contributed by atoms with Gasteiger partial charge in [-0.2, -0.15) is 4.31 Å². The van der Waals surface area contributed by atoms with Crippen LogP contribution < -0.4 is 4.90 Å². The lowest BCUT2D eigenvalue weighted by molar-refractivity contribution is -0.148. The molecule has 2 aliphatic heterocycles. The van der Waals surface area contributed by atoms with Crippen molar-refractivity contribution in [2.24, 2.45) is 0 Å². The Kier molecular flexibility index (Phi) is 6.88. The van der Waals surface area contributed by atoms with E-state index < -0.39 is 28.6 Å². The standard InChI is InChI=1S/C29H30N2O5S/c1-20-11-13-24(14-12-20)37(34,35)30-16-15-22-7-3-5-9-25(22)27(30)18-29(33)36-19-28(32)31-21(2)17-23-8-4-6-10-26(23)31/h3-14,21,27H,15-19H2,1-2H3/t21-,27+/m1/s1. The van der Waals surface area contributed by atoms with Gasteiger partial charge in [0.25, 0.3) is 5.91 Å². The molecule has 3 aromatic rings. The van der Waals surface area contributed by atoms with Crippen molar-refractivity contribution in [3.63, 3.8) is 0 Å². The zero-order chi connectivity index (χ0) is 26.2. The van der Waals surface area contributed by atoms with Crippen LogP contribution in [0, 0.1) is 6.92 Å². The third-order valence-corrected chi connectivity index (χ3v) is 9.11. The minimum Gasteiger partial charge on any atom is -0.455 e. The number of amides is 1. The van der Waals surface area contributed by atoms with Gasteiger partial charge in [0.15, 0.2) is 6.61 Å². The number of sulfonamides is 1. The maximum atomic E-state index is 13.6. The molecule has 0 radical (unpaired) electrons. The predicted octanol–water partition coefficient (Wildman–Crippen LogP) is 4.19. The summed E-state index contributed by atoms with van der Waals surface area (Å²) in [4.78, 5) is 27.9. The van der Waals surface area contributed by atoms with Crippen molar-refractivity contribution in [3.8, 4) is 0 Å². The van der Waals surface area contributed by atoms with Crippen molar-refractivity contribution in [1.82, 2.24) is 4.31 Å². The van der Waals surface area contributed by atoms with E-state index in [0.717, 1.165) is 34.4 Å². The zero-order valence-corrected chi connectivity index (χ0v) is 21.8. The van der Waals surface area contributed by atoms with Crippen LogP contribution in [0.4, 0.5) is 5.69 Å². The van der Waals surface area contributed by atoms with Crippen LogP contribution in [0.5, 0.6) is 0 Å². The lowest BCUT2D eigenvalue weighted by Crippen LogP contribution is -2.42. The van der Waals surface area contributed by atoms with Crippen molar-refractivity contribution >= 4 is 27.6 Å². The first-order valence-electron chi connectivity index (χ1n) is 12.5. The van der Waals surface area contributed by atoms with Crippen LogP contribution >= 0.6 is 0 Å². The van der Waals surface area contributed by atoms with E-state index in [1.54, 1.807) is 29.2 Å². The Bertz CT molecular complexity index is 1430. The molecule has 0 unspecified atom stereocenters. The second kappa shape index (κ2) is 10.1. The van der Waals surface area contributed by atoms with Crippen LogP contribution in [0.3, 0.4) is 0 Å². The third kappa shape index (κ3) is 4.91. The second-order valence-corrected chi connectivity index (χ2v) is 11.6. The van der Waals surface area contributed by atoms with Crippen LogP contribution in [0.2, 0.25) is 0 Å². The lowest BCUT2D eigenvalue weighted by Gasteiger charge is -2.36. The van der Waals surface area contributed by atoms with Gasteiger partial charge >= 0.3 is 5.97 Å². The summed E-state index contributed by atoms with van der Waals surface area (Å²) >= 11 is 0. The highest BCUT2D eigenvalue weighted by Crippen LogP contribution is 2.37. The highest BCUT2D eigenvalue weighted by Gasteiger charge is 2.38. The molecule has 0 aromatic heterocycles. The molecule has 8 heteroatoms. The highest BCUT2D eigenvalue weighted by atomic mass is 32.2. The normalized spacial score (nSPS) is 19.2. The topological polar surface area (TPSA) is 84.0 Å². The molecular weight excluding hydrogens is 488 g/mol. The van der Waals surface area contributed by atoms with Crippen LogP contribution in [-0.2, 0) is 37.2 Å². The number of carbonyl (C=O) groups is 2. The van der Waals surface area contributed by atoms with Crippen LogP contribution in [-0.4, -0.2) is 43.8 Å². The van der Waals surface area contributed by atoms with Crippen molar-refractivity contribution in [2.75, 3.05) is 18.1 Å². The molecule has 0 N–H and O–H groups in total. The molecule has 2 atom stereocenters. The first-order valence-corrected chi connectivity index (χ1v) is 13.9. The quantitative estimate of drug-likeness (QED) is 0.457. The van der Waals surface area contributed by atoms with Crippen molar-refractivity contribution < 1.29 is 22.7 Å². The molecule has 37 heavy (non-hydrogen) atoms. The molecule has 2 aliphatic rings. The van der Waals surface area contributed by atoms with E-state index in [-0.39, 0.29) is 29.8 Å². The van der Waals surface area contributed by atoms with Gasteiger partial charge in [0, 0.05) is 18.3 Å².